The van der Waals surface area contributed by atoms with E-state index in [4.69, 9.17) is 5.73 Å². The van der Waals surface area contributed by atoms with E-state index in [0.29, 0.717) is 38.4 Å². The highest BCUT2D eigenvalue weighted by Gasteiger charge is 2.36. The van der Waals surface area contributed by atoms with Crippen LogP contribution >= 0.6 is 0 Å². The molecule has 1 atom stereocenters. The highest BCUT2D eigenvalue weighted by atomic mass is 19.1. The molecule has 0 radical (unpaired) electrons. The summed E-state index contributed by atoms with van der Waals surface area (Å²) in [6.07, 6.45) is 0. The van der Waals surface area contributed by atoms with E-state index >= 15 is 0 Å². The number of amides is 2. The molecule has 5 nitrogen and oxygen atoms in total. The summed E-state index contributed by atoms with van der Waals surface area (Å²) >= 11 is 0. The van der Waals surface area contributed by atoms with Gasteiger partial charge in [-0.3, -0.25) is 0 Å². The van der Waals surface area contributed by atoms with Crippen molar-refractivity contribution < 1.29 is 9.18 Å². The number of nitrogens with zero attached hydrogens (tertiary/aromatic N) is 2. The van der Waals surface area contributed by atoms with Crippen LogP contribution in [0, 0.1) is 5.82 Å². The van der Waals surface area contributed by atoms with Gasteiger partial charge >= 0.3 is 6.03 Å². The van der Waals surface area contributed by atoms with Crippen LogP contribution in [0.2, 0.25) is 0 Å². The van der Waals surface area contributed by atoms with Gasteiger partial charge in [-0.2, -0.15) is 0 Å². The van der Waals surface area contributed by atoms with Gasteiger partial charge < -0.3 is 20.9 Å². The molecular formula is C13H17FN4O. The van der Waals surface area contributed by atoms with Gasteiger partial charge in [0.2, 0.25) is 0 Å². The molecule has 6 heteroatoms. The Morgan fingerprint density at radius 3 is 3.05 bits per heavy atom. The molecule has 0 bridgehead atoms. The lowest BCUT2D eigenvalue weighted by Gasteiger charge is -2.38. The number of carbonyl (C=O) groups is 1. The molecule has 2 aliphatic rings. The van der Waals surface area contributed by atoms with E-state index in [0.717, 1.165) is 5.56 Å². The highest BCUT2D eigenvalue weighted by molar-refractivity contribution is 5.77. The highest BCUT2D eigenvalue weighted by Crippen LogP contribution is 2.27. The summed E-state index contributed by atoms with van der Waals surface area (Å²) in [5, 5.41) is 2.82. The smallest absolute Gasteiger partial charge is 0.317 e. The molecule has 2 heterocycles. The van der Waals surface area contributed by atoms with Gasteiger partial charge in [0.25, 0.3) is 0 Å². The largest absolute Gasteiger partial charge is 0.365 e. The fourth-order valence-corrected chi connectivity index (χ4v) is 2.89. The van der Waals surface area contributed by atoms with Crippen molar-refractivity contribution in [3.63, 3.8) is 0 Å². The van der Waals surface area contributed by atoms with E-state index in [1.54, 1.807) is 6.07 Å². The Labute approximate surface area is 111 Å². The standard InChI is InChI=1S/C13H17FN4O/c14-11-3-1-2-9(6-15)12(11)17-4-5-18-10(8-17)7-16-13(18)19/h1-3,10H,4-8,15H2,(H,16,19). The van der Waals surface area contributed by atoms with Gasteiger partial charge in [-0.15, -0.1) is 0 Å². The number of carbonyl (C=O) groups excluding carboxylic acids is 1. The second-order valence-electron chi connectivity index (χ2n) is 4.93. The van der Waals surface area contributed by atoms with E-state index in [1.807, 2.05) is 15.9 Å². The maximum absolute atomic E-state index is 14.0. The van der Waals surface area contributed by atoms with Crippen molar-refractivity contribution in [1.29, 1.82) is 0 Å². The lowest BCUT2D eigenvalue weighted by molar-refractivity contribution is 0.197. The number of halogens is 1. The summed E-state index contributed by atoms with van der Waals surface area (Å²) in [5.74, 6) is -0.242. The molecule has 1 aromatic carbocycles. The van der Waals surface area contributed by atoms with E-state index in [1.165, 1.54) is 6.07 Å². The summed E-state index contributed by atoms with van der Waals surface area (Å²) in [6, 6.07) is 5.09. The average Bonchev–Trinajstić information content (AvgIpc) is 2.79. The summed E-state index contributed by atoms with van der Waals surface area (Å²) in [7, 11) is 0. The molecule has 2 amide bonds. The molecule has 102 valence electrons. The number of para-hydroxylation sites is 1. The Balaban J connectivity index is 1.86. The molecular weight excluding hydrogens is 247 g/mol. The number of rotatable bonds is 2. The Kier molecular flexibility index (Phi) is 3.02. The molecule has 0 aliphatic carbocycles. The zero-order valence-corrected chi connectivity index (χ0v) is 10.6. The van der Waals surface area contributed by atoms with Crippen molar-refractivity contribution in [2.45, 2.75) is 12.6 Å². The quantitative estimate of drug-likeness (QED) is 0.817. The van der Waals surface area contributed by atoms with Crippen LogP contribution in [0.5, 0.6) is 0 Å². The van der Waals surface area contributed by atoms with Crippen LogP contribution < -0.4 is 16.0 Å². The minimum atomic E-state index is -0.242. The van der Waals surface area contributed by atoms with Crippen LogP contribution in [0.25, 0.3) is 0 Å². The predicted molar refractivity (Wildman–Crippen MR) is 70.4 cm³/mol. The van der Waals surface area contributed by atoms with Gasteiger partial charge in [-0.1, -0.05) is 12.1 Å². The predicted octanol–water partition coefficient (Wildman–Crippen LogP) is 0.498. The van der Waals surface area contributed by atoms with Gasteiger partial charge in [-0.25, -0.2) is 9.18 Å². The number of fused-ring (bicyclic) bond motifs is 1. The van der Waals surface area contributed by atoms with Crippen molar-refractivity contribution in [3.8, 4) is 0 Å². The minimum absolute atomic E-state index is 0.0165. The number of anilines is 1. The lowest BCUT2D eigenvalue weighted by Crippen LogP contribution is -2.52. The maximum Gasteiger partial charge on any atom is 0.317 e. The fraction of sp³-hybridized carbons (Fsp3) is 0.462. The van der Waals surface area contributed by atoms with E-state index in [9.17, 15) is 9.18 Å². The normalized spacial score (nSPS) is 22.4. The monoisotopic (exact) mass is 264 g/mol. The molecule has 3 rings (SSSR count). The zero-order chi connectivity index (χ0) is 13.4. The van der Waals surface area contributed by atoms with Crippen molar-refractivity contribution in [2.75, 3.05) is 31.1 Å². The molecule has 2 aliphatic heterocycles. The number of urea groups is 1. The van der Waals surface area contributed by atoms with Gasteiger partial charge in [0.05, 0.1) is 11.7 Å². The zero-order valence-electron chi connectivity index (χ0n) is 10.6. The first kappa shape index (κ1) is 12.2. The maximum atomic E-state index is 14.0. The number of nitrogens with one attached hydrogen (secondary N) is 1. The summed E-state index contributed by atoms with van der Waals surface area (Å²) < 4.78 is 14.0. The van der Waals surface area contributed by atoms with Gasteiger partial charge in [-0.05, 0) is 11.6 Å². The van der Waals surface area contributed by atoms with Crippen LogP contribution in [-0.2, 0) is 6.54 Å². The first-order chi connectivity index (χ1) is 9.20. The summed E-state index contributed by atoms with van der Waals surface area (Å²) in [5.41, 5.74) is 7.08. The van der Waals surface area contributed by atoms with E-state index < -0.39 is 0 Å². The molecule has 19 heavy (non-hydrogen) atoms. The molecule has 1 unspecified atom stereocenters. The third kappa shape index (κ3) is 2.02. The van der Waals surface area contributed by atoms with Crippen LogP contribution in [0.15, 0.2) is 18.2 Å². The van der Waals surface area contributed by atoms with Crippen LogP contribution in [0.4, 0.5) is 14.9 Å². The first-order valence-electron chi connectivity index (χ1n) is 6.47. The number of nitrogens with two attached hydrogens (primary N) is 1. The Bertz CT molecular complexity index is 507. The summed E-state index contributed by atoms with van der Waals surface area (Å²) in [4.78, 5) is 15.4. The van der Waals surface area contributed by atoms with Crippen molar-refractivity contribution in [1.82, 2.24) is 10.2 Å². The van der Waals surface area contributed by atoms with Crippen molar-refractivity contribution >= 4 is 11.7 Å². The molecule has 0 aromatic heterocycles. The molecule has 0 spiro atoms. The third-order valence-corrected chi connectivity index (χ3v) is 3.84. The fourth-order valence-electron chi connectivity index (χ4n) is 2.89. The third-order valence-electron chi connectivity index (χ3n) is 3.84. The van der Waals surface area contributed by atoms with Crippen LogP contribution in [0.3, 0.4) is 0 Å². The molecule has 3 N–H and O–H groups in total. The van der Waals surface area contributed by atoms with Crippen molar-refractivity contribution in [2.24, 2.45) is 5.73 Å². The van der Waals surface area contributed by atoms with E-state index in [2.05, 4.69) is 5.32 Å². The van der Waals surface area contributed by atoms with E-state index in [-0.39, 0.29) is 17.9 Å². The second-order valence-corrected chi connectivity index (χ2v) is 4.93. The van der Waals surface area contributed by atoms with Crippen molar-refractivity contribution in [3.05, 3.63) is 29.6 Å². The molecule has 2 saturated heterocycles. The Hall–Kier alpha value is -1.82. The average molecular weight is 264 g/mol. The van der Waals surface area contributed by atoms with Crippen LogP contribution in [-0.4, -0.2) is 43.2 Å². The first-order valence-corrected chi connectivity index (χ1v) is 6.47. The van der Waals surface area contributed by atoms with Gasteiger partial charge in [0.1, 0.15) is 5.82 Å². The number of piperazine rings is 1. The van der Waals surface area contributed by atoms with Gasteiger partial charge in [0.15, 0.2) is 0 Å². The lowest BCUT2D eigenvalue weighted by atomic mass is 10.1. The SMILES string of the molecule is NCc1cccc(F)c1N1CCN2C(=O)NCC2C1. The molecule has 0 saturated carbocycles. The van der Waals surface area contributed by atoms with Crippen LogP contribution in [0.1, 0.15) is 5.56 Å². The number of benzene rings is 1. The molecule has 2 fully saturated rings. The number of hydrogen-bond donors (Lipinski definition) is 2. The second kappa shape index (κ2) is 4.70. The Morgan fingerprint density at radius 1 is 1.42 bits per heavy atom. The minimum Gasteiger partial charge on any atom is -0.365 e. The topological polar surface area (TPSA) is 61.6 Å². The summed E-state index contributed by atoms with van der Waals surface area (Å²) in [6.45, 7) is 2.84. The Morgan fingerprint density at radius 2 is 2.26 bits per heavy atom. The number of hydrogen-bond acceptors (Lipinski definition) is 3. The van der Waals surface area contributed by atoms with Gasteiger partial charge in [0, 0.05) is 32.7 Å². The molecule has 1 aromatic rings.